The highest BCUT2D eigenvalue weighted by Crippen LogP contribution is 2.15. The molecule has 1 unspecified atom stereocenters. The van der Waals surface area contributed by atoms with Crippen LogP contribution in [0.3, 0.4) is 0 Å². The van der Waals surface area contributed by atoms with Gasteiger partial charge in [0.25, 0.3) is 0 Å². The predicted octanol–water partition coefficient (Wildman–Crippen LogP) is 2.53. The number of aromatic hydroxyl groups is 1. The summed E-state index contributed by atoms with van der Waals surface area (Å²) >= 11 is 0. The van der Waals surface area contributed by atoms with Crippen LogP contribution in [0.4, 0.5) is 5.69 Å². The van der Waals surface area contributed by atoms with Crippen LogP contribution in [0.1, 0.15) is 22.8 Å². The van der Waals surface area contributed by atoms with Crippen molar-refractivity contribution in [2.45, 2.75) is 19.4 Å². The van der Waals surface area contributed by atoms with Crippen LogP contribution in [0, 0.1) is 0 Å². The third-order valence-corrected chi connectivity index (χ3v) is 3.06. The molecule has 4 nitrogen and oxygen atoms in total. The minimum Gasteiger partial charge on any atom is -0.508 e. The molecule has 0 heterocycles. The number of benzene rings is 2. The third kappa shape index (κ3) is 3.75. The monoisotopic (exact) mass is 270 g/mol. The van der Waals surface area contributed by atoms with Crippen molar-refractivity contribution in [3.63, 3.8) is 0 Å². The first-order chi connectivity index (χ1) is 9.54. The molecule has 1 amide bonds. The van der Waals surface area contributed by atoms with Crippen LogP contribution in [0.25, 0.3) is 0 Å². The molecule has 0 spiro atoms. The molecular weight excluding hydrogens is 252 g/mol. The van der Waals surface area contributed by atoms with Crippen LogP contribution in [-0.2, 0) is 6.42 Å². The maximum Gasteiger partial charge on any atom is 0.248 e. The van der Waals surface area contributed by atoms with Gasteiger partial charge in [0.1, 0.15) is 5.75 Å². The lowest BCUT2D eigenvalue weighted by molar-refractivity contribution is 0.100. The van der Waals surface area contributed by atoms with Gasteiger partial charge in [-0.25, -0.2) is 0 Å². The standard InChI is InChI=1S/C16H18N2O2/c1-11(10-12-2-8-15(19)9-3-12)18-14-6-4-13(5-7-14)16(17)20/h2-9,11,18-19H,10H2,1H3,(H2,17,20). The number of rotatable bonds is 5. The van der Waals surface area contributed by atoms with Crippen LogP contribution < -0.4 is 11.1 Å². The van der Waals surface area contributed by atoms with E-state index >= 15 is 0 Å². The van der Waals surface area contributed by atoms with E-state index in [0.717, 1.165) is 17.7 Å². The maximum atomic E-state index is 11.0. The summed E-state index contributed by atoms with van der Waals surface area (Å²) in [6.45, 7) is 2.08. The molecule has 0 saturated heterocycles. The van der Waals surface area contributed by atoms with E-state index in [9.17, 15) is 9.90 Å². The van der Waals surface area contributed by atoms with E-state index in [1.807, 2.05) is 24.3 Å². The second kappa shape index (κ2) is 6.10. The van der Waals surface area contributed by atoms with Crippen molar-refractivity contribution in [1.82, 2.24) is 0 Å². The summed E-state index contributed by atoms with van der Waals surface area (Å²) in [6.07, 6.45) is 0.845. The molecule has 0 saturated carbocycles. The van der Waals surface area contributed by atoms with Crippen molar-refractivity contribution in [2.24, 2.45) is 5.73 Å². The van der Waals surface area contributed by atoms with Gasteiger partial charge in [-0.2, -0.15) is 0 Å². The van der Waals surface area contributed by atoms with Gasteiger partial charge < -0.3 is 16.2 Å². The number of hydrogen-bond donors (Lipinski definition) is 3. The molecule has 0 bridgehead atoms. The SMILES string of the molecule is CC(Cc1ccc(O)cc1)Nc1ccc(C(N)=O)cc1. The smallest absolute Gasteiger partial charge is 0.248 e. The van der Waals surface area contributed by atoms with E-state index < -0.39 is 5.91 Å². The molecule has 0 radical (unpaired) electrons. The lowest BCUT2D eigenvalue weighted by Gasteiger charge is -2.15. The Hall–Kier alpha value is -2.49. The predicted molar refractivity (Wildman–Crippen MR) is 79.9 cm³/mol. The van der Waals surface area contributed by atoms with E-state index in [4.69, 9.17) is 5.73 Å². The van der Waals surface area contributed by atoms with Crippen molar-refractivity contribution in [3.05, 3.63) is 59.7 Å². The average molecular weight is 270 g/mol. The molecule has 0 fully saturated rings. The molecule has 20 heavy (non-hydrogen) atoms. The minimum atomic E-state index is -0.423. The first kappa shape index (κ1) is 13.9. The Kier molecular flexibility index (Phi) is 4.25. The van der Waals surface area contributed by atoms with Crippen molar-refractivity contribution in [3.8, 4) is 5.75 Å². The second-order valence-electron chi connectivity index (χ2n) is 4.86. The van der Waals surface area contributed by atoms with Crippen molar-refractivity contribution < 1.29 is 9.90 Å². The van der Waals surface area contributed by atoms with Crippen LogP contribution in [0.2, 0.25) is 0 Å². The zero-order chi connectivity index (χ0) is 14.5. The Morgan fingerprint density at radius 2 is 1.75 bits per heavy atom. The van der Waals surface area contributed by atoms with Crippen LogP contribution in [-0.4, -0.2) is 17.1 Å². The number of amides is 1. The number of nitrogens with two attached hydrogens (primary N) is 1. The van der Waals surface area contributed by atoms with Gasteiger partial charge in [0.05, 0.1) is 0 Å². The van der Waals surface area contributed by atoms with E-state index in [1.54, 1.807) is 24.3 Å². The molecule has 0 aliphatic carbocycles. The van der Waals surface area contributed by atoms with Crippen LogP contribution in [0.5, 0.6) is 5.75 Å². The molecule has 2 aromatic rings. The van der Waals surface area contributed by atoms with Gasteiger partial charge >= 0.3 is 0 Å². The van der Waals surface area contributed by atoms with Gasteiger partial charge in [0, 0.05) is 17.3 Å². The summed E-state index contributed by atoms with van der Waals surface area (Å²) in [4.78, 5) is 11.0. The molecule has 1 atom stereocenters. The van der Waals surface area contributed by atoms with Gasteiger partial charge in [-0.3, -0.25) is 4.79 Å². The highest BCUT2D eigenvalue weighted by Gasteiger charge is 2.05. The van der Waals surface area contributed by atoms with Gasteiger partial charge in [0.2, 0.25) is 5.91 Å². The number of hydrogen-bond acceptors (Lipinski definition) is 3. The fraction of sp³-hybridized carbons (Fsp3) is 0.188. The lowest BCUT2D eigenvalue weighted by Crippen LogP contribution is -2.18. The molecule has 0 aromatic heterocycles. The summed E-state index contributed by atoms with van der Waals surface area (Å²) < 4.78 is 0. The molecular formula is C16H18N2O2. The largest absolute Gasteiger partial charge is 0.508 e. The number of phenols is 1. The van der Waals surface area contributed by atoms with Gasteiger partial charge in [-0.1, -0.05) is 12.1 Å². The maximum absolute atomic E-state index is 11.0. The minimum absolute atomic E-state index is 0.235. The number of phenolic OH excluding ortho intramolecular Hbond substituents is 1. The third-order valence-electron chi connectivity index (χ3n) is 3.06. The fourth-order valence-electron chi connectivity index (χ4n) is 2.05. The topological polar surface area (TPSA) is 75.3 Å². The van der Waals surface area contributed by atoms with E-state index in [0.29, 0.717) is 5.56 Å². The lowest BCUT2D eigenvalue weighted by atomic mass is 10.1. The normalized spacial score (nSPS) is 11.8. The highest BCUT2D eigenvalue weighted by molar-refractivity contribution is 5.93. The van der Waals surface area contributed by atoms with Gasteiger partial charge in [-0.15, -0.1) is 0 Å². The number of nitrogens with one attached hydrogen (secondary N) is 1. The van der Waals surface area contributed by atoms with E-state index in [2.05, 4.69) is 12.2 Å². The zero-order valence-electron chi connectivity index (χ0n) is 11.3. The van der Waals surface area contributed by atoms with Crippen molar-refractivity contribution >= 4 is 11.6 Å². The molecule has 4 N–H and O–H groups in total. The number of carbonyl (C=O) groups excluding carboxylic acids is 1. The fourth-order valence-corrected chi connectivity index (χ4v) is 2.05. The first-order valence-corrected chi connectivity index (χ1v) is 6.49. The van der Waals surface area contributed by atoms with Gasteiger partial charge in [-0.05, 0) is 55.3 Å². The summed E-state index contributed by atoms with van der Waals surface area (Å²) in [7, 11) is 0. The van der Waals surface area contributed by atoms with Crippen LogP contribution in [0.15, 0.2) is 48.5 Å². The van der Waals surface area contributed by atoms with Crippen LogP contribution >= 0.6 is 0 Å². The second-order valence-corrected chi connectivity index (χ2v) is 4.86. The number of anilines is 1. The summed E-state index contributed by atoms with van der Waals surface area (Å²) in [5.74, 6) is -0.148. The van der Waals surface area contributed by atoms with E-state index in [1.165, 1.54) is 0 Å². The molecule has 0 aliphatic heterocycles. The Morgan fingerprint density at radius 1 is 1.15 bits per heavy atom. The molecule has 2 aromatic carbocycles. The Morgan fingerprint density at radius 3 is 2.30 bits per heavy atom. The summed E-state index contributed by atoms with van der Waals surface area (Å²) in [5.41, 5.74) is 7.80. The molecule has 2 rings (SSSR count). The summed E-state index contributed by atoms with van der Waals surface area (Å²) in [5, 5.41) is 12.6. The average Bonchev–Trinajstić information content (AvgIpc) is 2.42. The van der Waals surface area contributed by atoms with Gasteiger partial charge in [0.15, 0.2) is 0 Å². The quantitative estimate of drug-likeness (QED) is 0.781. The Bertz CT molecular complexity index is 576. The summed E-state index contributed by atoms with van der Waals surface area (Å²) in [6, 6.07) is 14.5. The Balaban J connectivity index is 1.95. The van der Waals surface area contributed by atoms with Crippen molar-refractivity contribution in [1.29, 1.82) is 0 Å². The Labute approximate surface area is 118 Å². The highest BCUT2D eigenvalue weighted by atomic mass is 16.3. The number of primary amides is 1. The van der Waals surface area contributed by atoms with Crippen molar-refractivity contribution in [2.75, 3.05) is 5.32 Å². The molecule has 104 valence electrons. The molecule has 4 heteroatoms. The zero-order valence-corrected chi connectivity index (χ0v) is 11.3. The van der Waals surface area contributed by atoms with E-state index in [-0.39, 0.29) is 11.8 Å². The molecule has 0 aliphatic rings. The number of carbonyl (C=O) groups is 1. The first-order valence-electron chi connectivity index (χ1n) is 6.49.